The Kier molecular flexibility index (Phi) is 10.0. The Balaban J connectivity index is 1.67. The van der Waals surface area contributed by atoms with Gasteiger partial charge in [0.25, 0.3) is 0 Å². The number of likely N-dealkylation sites (tertiary alicyclic amines) is 3. The Bertz CT molecular complexity index is 873. The van der Waals surface area contributed by atoms with Crippen molar-refractivity contribution in [2.24, 2.45) is 17.3 Å². The predicted molar refractivity (Wildman–Crippen MR) is 140 cm³/mol. The third kappa shape index (κ3) is 7.89. The minimum Gasteiger partial charge on any atom is -0.300 e. The maximum Gasteiger partial charge on any atom is 0.308 e. The van der Waals surface area contributed by atoms with Crippen LogP contribution in [0.4, 0.5) is 0 Å². The van der Waals surface area contributed by atoms with E-state index in [-0.39, 0.29) is 11.2 Å². The van der Waals surface area contributed by atoms with E-state index in [9.17, 15) is 13.7 Å². The van der Waals surface area contributed by atoms with E-state index in [0.29, 0.717) is 28.9 Å². The number of sulfone groups is 1. The van der Waals surface area contributed by atoms with Crippen molar-refractivity contribution in [1.29, 1.82) is 10.5 Å². The Morgan fingerprint density at radius 1 is 1.06 bits per heavy atom. The van der Waals surface area contributed by atoms with E-state index in [1.54, 1.807) is 0 Å². The van der Waals surface area contributed by atoms with Gasteiger partial charge in [0.05, 0.1) is 38.5 Å². The minimum atomic E-state index is -2.93. The molecule has 0 N–H and O–H groups in total. The Hall–Kier alpha value is -1.19. The zero-order chi connectivity index (χ0) is 25.5. The largest absolute Gasteiger partial charge is 0.308 e. The number of quaternary nitrogens is 1. The van der Waals surface area contributed by atoms with E-state index in [1.807, 2.05) is 0 Å². The van der Waals surface area contributed by atoms with Gasteiger partial charge in [-0.05, 0) is 95.3 Å². The quantitative estimate of drug-likeness (QED) is 0.257. The molecule has 0 aromatic heterocycles. The van der Waals surface area contributed by atoms with Gasteiger partial charge < -0.3 is 4.90 Å². The third-order valence-electron chi connectivity index (χ3n) is 9.28. The number of rotatable bonds is 10. The Morgan fingerprint density at radius 2 is 1.80 bits per heavy atom. The molecular weight excluding hydrogens is 458 g/mol. The molecule has 3 fully saturated rings. The molecule has 3 aliphatic rings. The summed E-state index contributed by atoms with van der Waals surface area (Å²) < 4.78 is 24.0. The SMILES string of the molecule is CC([CH]CCN1CCCCC1CCS(C)(=O)=O)(C1CCN(CC#N)CC1)C1CCC[N+](C)(C#N)C1. The van der Waals surface area contributed by atoms with E-state index >= 15 is 0 Å². The molecule has 0 aromatic carbocycles. The summed E-state index contributed by atoms with van der Waals surface area (Å²) >= 11 is 0. The lowest BCUT2D eigenvalue weighted by Crippen LogP contribution is -2.54. The second kappa shape index (κ2) is 12.4. The van der Waals surface area contributed by atoms with Crippen molar-refractivity contribution < 1.29 is 12.9 Å². The van der Waals surface area contributed by atoms with Crippen molar-refractivity contribution in [2.75, 3.05) is 64.9 Å². The topological polar surface area (TPSA) is 88.2 Å². The van der Waals surface area contributed by atoms with Crippen molar-refractivity contribution in [3.05, 3.63) is 6.42 Å². The lowest BCUT2D eigenvalue weighted by Gasteiger charge is -2.50. The van der Waals surface area contributed by atoms with Crippen LogP contribution in [0, 0.1) is 46.5 Å². The zero-order valence-corrected chi connectivity index (χ0v) is 23.1. The Morgan fingerprint density at radius 3 is 2.46 bits per heavy atom. The van der Waals surface area contributed by atoms with Crippen molar-refractivity contribution in [3.8, 4) is 12.3 Å². The molecule has 3 rings (SSSR count). The van der Waals surface area contributed by atoms with Gasteiger partial charge in [-0.2, -0.15) is 5.26 Å². The van der Waals surface area contributed by atoms with Crippen molar-refractivity contribution in [3.63, 3.8) is 0 Å². The summed E-state index contributed by atoms with van der Waals surface area (Å²) in [6, 6.07) is 2.68. The summed E-state index contributed by atoms with van der Waals surface area (Å²) in [5, 5.41) is 19.0. The van der Waals surface area contributed by atoms with Crippen LogP contribution in [0.3, 0.4) is 0 Å². The first-order chi connectivity index (χ1) is 16.6. The van der Waals surface area contributed by atoms with E-state index in [1.165, 1.54) is 25.5 Å². The first-order valence-electron chi connectivity index (χ1n) is 13.7. The van der Waals surface area contributed by atoms with Gasteiger partial charge >= 0.3 is 6.19 Å². The van der Waals surface area contributed by atoms with Crippen LogP contribution in [0.1, 0.15) is 64.7 Å². The summed E-state index contributed by atoms with van der Waals surface area (Å²) in [5.74, 6) is 1.36. The van der Waals surface area contributed by atoms with Gasteiger partial charge in [-0.25, -0.2) is 12.9 Å². The molecule has 4 atom stereocenters. The smallest absolute Gasteiger partial charge is 0.300 e. The summed E-state index contributed by atoms with van der Waals surface area (Å²) in [4.78, 5) is 4.81. The van der Waals surface area contributed by atoms with Crippen LogP contribution in [-0.4, -0.2) is 93.6 Å². The molecule has 3 saturated heterocycles. The molecule has 0 aromatic rings. The molecule has 0 bridgehead atoms. The lowest BCUT2D eigenvalue weighted by molar-refractivity contribution is -0.856. The van der Waals surface area contributed by atoms with Crippen molar-refractivity contribution in [2.45, 2.75) is 70.8 Å². The highest BCUT2D eigenvalue weighted by atomic mass is 32.2. The van der Waals surface area contributed by atoms with Gasteiger partial charge in [0.15, 0.2) is 0 Å². The van der Waals surface area contributed by atoms with Crippen LogP contribution in [-0.2, 0) is 9.84 Å². The average Bonchev–Trinajstić information content (AvgIpc) is 2.83. The van der Waals surface area contributed by atoms with Crippen LogP contribution >= 0.6 is 0 Å². The first kappa shape index (κ1) is 28.4. The number of piperidine rings is 3. The molecule has 7 nitrogen and oxygen atoms in total. The molecule has 0 spiro atoms. The first-order valence-corrected chi connectivity index (χ1v) is 15.8. The zero-order valence-electron chi connectivity index (χ0n) is 22.3. The molecule has 3 aliphatic heterocycles. The fraction of sp³-hybridized carbons (Fsp3) is 0.889. The summed E-state index contributed by atoms with van der Waals surface area (Å²) in [7, 11) is -0.843. The van der Waals surface area contributed by atoms with Gasteiger partial charge in [-0.15, -0.1) is 5.26 Å². The number of nitriles is 2. The highest BCUT2D eigenvalue weighted by molar-refractivity contribution is 7.90. The predicted octanol–water partition coefficient (Wildman–Crippen LogP) is 3.45. The standard InChI is InChI=1S/C27H47N5O2S/c1-27(24-10-17-30(18-11-24)19-14-28,25-8-6-20-32(2,22-25)23-29)13-7-16-31-15-5-4-9-26(31)12-21-35(3,33)34/h13,24-26H,4-12,15-22H2,1-3H3/q+1. The maximum absolute atomic E-state index is 11.7. The Labute approximate surface area is 214 Å². The van der Waals surface area contributed by atoms with Crippen LogP contribution in [0.2, 0.25) is 0 Å². The van der Waals surface area contributed by atoms with E-state index < -0.39 is 9.84 Å². The minimum absolute atomic E-state index is 0.0769. The van der Waals surface area contributed by atoms with E-state index in [4.69, 9.17) is 5.26 Å². The summed E-state index contributed by atoms with van der Waals surface area (Å²) in [5.41, 5.74) is 0.0769. The molecule has 0 amide bonds. The van der Waals surface area contributed by atoms with Crippen LogP contribution in [0.15, 0.2) is 0 Å². The number of hydrogen-bond acceptors (Lipinski definition) is 6. The number of nitrogens with zero attached hydrogens (tertiary/aromatic N) is 5. The maximum atomic E-state index is 11.7. The van der Waals surface area contributed by atoms with Gasteiger partial charge in [0, 0.05) is 18.2 Å². The van der Waals surface area contributed by atoms with Crippen LogP contribution in [0.25, 0.3) is 0 Å². The van der Waals surface area contributed by atoms with Gasteiger partial charge in [-0.1, -0.05) is 13.3 Å². The second-order valence-electron chi connectivity index (χ2n) is 11.9. The van der Waals surface area contributed by atoms with Gasteiger partial charge in [-0.3, -0.25) is 4.90 Å². The monoisotopic (exact) mass is 505 g/mol. The normalized spacial score (nSPS) is 31.3. The van der Waals surface area contributed by atoms with Crippen molar-refractivity contribution >= 4 is 9.84 Å². The van der Waals surface area contributed by atoms with Crippen molar-refractivity contribution in [1.82, 2.24) is 9.80 Å². The molecule has 1 radical (unpaired) electrons. The fourth-order valence-corrected chi connectivity index (χ4v) is 7.71. The average molecular weight is 506 g/mol. The second-order valence-corrected chi connectivity index (χ2v) is 14.2. The molecule has 197 valence electrons. The third-order valence-corrected chi connectivity index (χ3v) is 10.3. The van der Waals surface area contributed by atoms with Crippen LogP contribution in [0.5, 0.6) is 0 Å². The van der Waals surface area contributed by atoms with Crippen LogP contribution < -0.4 is 0 Å². The lowest BCUT2D eigenvalue weighted by atomic mass is 9.60. The molecule has 0 aliphatic carbocycles. The fourth-order valence-electron chi connectivity index (χ4n) is 7.01. The van der Waals surface area contributed by atoms with E-state index in [2.05, 4.69) is 42.5 Å². The van der Waals surface area contributed by atoms with Gasteiger partial charge in [0.2, 0.25) is 0 Å². The summed E-state index contributed by atoms with van der Waals surface area (Å²) in [6.07, 6.45) is 16.3. The highest BCUT2D eigenvalue weighted by Gasteiger charge is 2.47. The number of hydrogen-bond donors (Lipinski definition) is 0. The molecule has 8 heteroatoms. The van der Waals surface area contributed by atoms with Gasteiger partial charge in [0.1, 0.15) is 9.84 Å². The molecular formula is C27H47N5O2S+. The van der Waals surface area contributed by atoms with E-state index in [0.717, 1.165) is 77.8 Å². The highest BCUT2D eigenvalue weighted by Crippen LogP contribution is 2.48. The summed E-state index contributed by atoms with van der Waals surface area (Å²) in [6.45, 7) is 8.86. The molecule has 3 heterocycles. The molecule has 0 saturated carbocycles. The molecule has 35 heavy (non-hydrogen) atoms. The molecule has 4 unspecified atom stereocenters.